The van der Waals surface area contributed by atoms with Gasteiger partial charge in [-0.2, -0.15) is 0 Å². The summed E-state index contributed by atoms with van der Waals surface area (Å²) in [6.07, 6.45) is 1.78. The van der Waals surface area contributed by atoms with Crippen LogP contribution in [0.3, 0.4) is 0 Å². The van der Waals surface area contributed by atoms with Crippen LogP contribution in [0.2, 0.25) is 0 Å². The predicted octanol–water partition coefficient (Wildman–Crippen LogP) is 2.81. The van der Waals surface area contributed by atoms with Crippen molar-refractivity contribution in [3.8, 4) is 5.75 Å². The molecule has 0 unspecified atom stereocenters. The maximum atomic E-state index is 12.7. The Balaban J connectivity index is 1.42. The monoisotopic (exact) mass is 596 g/mol. The second-order valence-corrected chi connectivity index (χ2v) is 10.2. The van der Waals surface area contributed by atoms with Gasteiger partial charge in [0.2, 0.25) is 11.8 Å². The smallest absolute Gasteiger partial charge is 0.323 e. The van der Waals surface area contributed by atoms with E-state index in [-0.39, 0.29) is 44.3 Å². The van der Waals surface area contributed by atoms with Crippen LogP contribution in [0.25, 0.3) is 0 Å². The first-order chi connectivity index (χ1) is 20.7. The quantitative estimate of drug-likeness (QED) is 0.197. The largest absolute Gasteiger partial charge is 0.495 e. The molecule has 1 heterocycles. The lowest BCUT2D eigenvalue weighted by molar-refractivity contribution is -0.137. The second-order valence-electron chi connectivity index (χ2n) is 10.2. The molecule has 13 nitrogen and oxygen atoms in total. The lowest BCUT2D eigenvalue weighted by atomic mass is 10.1. The predicted molar refractivity (Wildman–Crippen MR) is 161 cm³/mol. The van der Waals surface area contributed by atoms with Crippen LogP contribution in [0, 0.1) is 6.92 Å². The molecule has 232 valence electrons. The molecule has 1 aliphatic rings. The first-order valence-electron chi connectivity index (χ1n) is 14.3. The van der Waals surface area contributed by atoms with Crippen LogP contribution in [0.4, 0.5) is 21.0 Å². The molecular formula is C30H40N6O7. The van der Waals surface area contributed by atoms with Gasteiger partial charge in [0.25, 0.3) is 0 Å². The minimum absolute atomic E-state index is 0.0434. The Morgan fingerprint density at radius 3 is 2.44 bits per heavy atom. The molecule has 0 radical (unpaired) electrons. The molecule has 2 aromatic carbocycles. The van der Waals surface area contributed by atoms with Crippen LogP contribution in [0.15, 0.2) is 42.5 Å². The van der Waals surface area contributed by atoms with Gasteiger partial charge in [0.1, 0.15) is 5.75 Å². The number of carbonyl (C=O) groups is 5. The summed E-state index contributed by atoms with van der Waals surface area (Å²) < 4.78 is 5.40. The number of ether oxygens (including phenoxy) is 1. The summed E-state index contributed by atoms with van der Waals surface area (Å²) in [4.78, 5) is 63.6. The maximum absolute atomic E-state index is 12.7. The number of benzene rings is 2. The van der Waals surface area contributed by atoms with E-state index in [1.165, 1.54) is 12.0 Å². The van der Waals surface area contributed by atoms with Crippen molar-refractivity contribution in [2.45, 2.75) is 39.0 Å². The van der Waals surface area contributed by atoms with E-state index < -0.39 is 18.0 Å². The van der Waals surface area contributed by atoms with Gasteiger partial charge >= 0.3 is 18.0 Å². The number of nitrogens with one attached hydrogen (secondary N) is 4. The van der Waals surface area contributed by atoms with Crippen LogP contribution in [-0.2, 0) is 20.8 Å². The molecule has 2 aromatic rings. The summed E-state index contributed by atoms with van der Waals surface area (Å²) in [5.74, 6) is -0.782. The van der Waals surface area contributed by atoms with Crippen molar-refractivity contribution in [2.24, 2.45) is 0 Å². The number of urea groups is 2. The van der Waals surface area contributed by atoms with Gasteiger partial charge in [-0.3, -0.25) is 14.4 Å². The average molecular weight is 597 g/mol. The van der Waals surface area contributed by atoms with E-state index in [0.717, 1.165) is 12.0 Å². The molecular weight excluding hydrogens is 556 g/mol. The van der Waals surface area contributed by atoms with E-state index in [0.29, 0.717) is 55.2 Å². The number of carbonyl (C=O) groups excluding carboxylic acids is 4. The number of aliphatic carboxylic acids is 1. The average Bonchev–Trinajstić information content (AvgIpc) is 3.38. The van der Waals surface area contributed by atoms with Crippen molar-refractivity contribution in [3.63, 3.8) is 0 Å². The number of carboxylic acid groups (broad SMARTS) is 1. The van der Waals surface area contributed by atoms with Crippen LogP contribution in [0.5, 0.6) is 5.75 Å². The highest BCUT2D eigenvalue weighted by Crippen LogP contribution is 2.26. The van der Waals surface area contributed by atoms with Gasteiger partial charge in [-0.15, -0.1) is 0 Å². The van der Waals surface area contributed by atoms with Gasteiger partial charge in [0.05, 0.1) is 25.6 Å². The van der Waals surface area contributed by atoms with E-state index in [1.54, 1.807) is 29.2 Å². The fourth-order valence-corrected chi connectivity index (χ4v) is 4.61. The Morgan fingerprint density at radius 1 is 1.00 bits per heavy atom. The molecule has 3 rings (SSSR count). The molecule has 43 heavy (non-hydrogen) atoms. The first kappa shape index (κ1) is 32.7. The summed E-state index contributed by atoms with van der Waals surface area (Å²) in [6, 6.07) is 11.6. The van der Waals surface area contributed by atoms with Crippen molar-refractivity contribution in [1.29, 1.82) is 0 Å². The number of aryl methyl sites for hydroxylation is 1. The molecule has 0 spiro atoms. The highest BCUT2D eigenvalue weighted by molar-refractivity contribution is 6.01. The van der Waals surface area contributed by atoms with E-state index in [4.69, 9.17) is 9.84 Å². The lowest BCUT2D eigenvalue weighted by Crippen LogP contribution is -2.45. The Labute approximate surface area is 250 Å². The molecule has 0 saturated carbocycles. The first-order valence-corrected chi connectivity index (χ1v) is 14.3. The maximum Gasteiger partial charge on any atom is 0.323 e. The standard InChI is InChI=1S/C30H40N6O7/c1-21-7-3-4-8-23(21)33-29(41)34-24-11-10-22(19-25(24)43-2)20-26(37)31-13-14-32-30(42)36(18-12-28(39)40)17-6-16-35-15-5-9-27(35)38/h3-4,7-8,10-11,19H,5-6,9,12-18,20H2,1-2H3,(H,31,37)(H,32,42)(H,39,40)(H2,33,34,41). The summed E-state index contributed by atoms with van der Waals surface area (Å²) >= 11 is 0. The van der Waals surface area contributed by atoms with E-state index in [2.05, 4.69) is 21.3 Å². The summed E-state index contributed by atoms with van der Waals surface area (Å²) in [6.45, 7) is 3.81. The minimum atomic E-state index is -1.01. The molecule has 0 atom stereocenters. The summed E-state index contributed by atoms with van der Waals surface area (Å²) in [5.41, 5.74) is 2.72. The highest BCUT2D eigenvalue weighted by atomic mass is 16.5. The molecule has 0 bridgehead atoms. The molecule has 1 aliphatic heterocycles. The zero-order valence-electron chi connectivity index (χ0n) is 24.6. The Hall–Kier alpha value is -4.81. The van der Waals surface area contributed by atoms with Crippen LogP contribution in [0.1, 0.15) is 36.8 Å². The Morgan fingerprint density at radius 2 is 1.74 bits per heavy atom. The number of anilines is 2. The number of likely N-dealkylation sites (tertiary alicyclic amines) is 1. The summed E-state index contributed by atoms with van der Waals surface area (Å²) in [5, 5.41) is 20.0. The highest BCUT2D eigenvalue weighted by Gasteiger charge is 2.21. The molecule has 0 aromatic heterocycles. The fourth-order valence-electron chi connectivity index (χ4n) is 4.61. The normalized spacial score (nSPS) is 12.4. The number of hydrogen-bond donors (Lipinski definition) is 5. The van der Waals surface area contributed by atoms with Gasteiger partial charge in [0, 0.05) is 51.4 Å². The zero-order chi connectivity index (χ0) is 31.2. The van der Waals surface area contributed by atoms with Gasteiger partial charge in [-0.1, -0.05) is 24.3 Å². The van der Waals surface area contributed by atoms with Crippen LogP contribution < -0.4 is 26.0 Å². The number of methoxy groups -OCH3 is 1. The summed E-state index contributed by atoms with van der Waals surface area (Å²) in [7, 11) is 1.47. The lowest BCUT2D eigenvalue weighted by Gasteiger charge is -2.24. The number of rotatable bonds is 15. The topological polar surface area (TPSA) is 169 Å². The molecule has 1 saturated heterocycles. The SMILES string of the molecule is COc1cc(CC(=O)NCCNC(=O)N(CCCN2CCCC2=O)CCC(=O)O)ccc1NC(=O)Nc1ccccc1C. The van der Waals surface area contributed by atoms with Gasteiger partial charge in [-0.05, 0) is 49.1 Å². The van der Waals surface area contributed by atoms with Crippen molar-refractivity contribution in [2.75, 3.05) is 57.0 Å². The number of amides is 6. The van der Waals surface area contributed by atoms with Gasteiger partial charge in [-0.25, -0.2) is 9.59 Å². The van der Waals surface area contributed by atoms with E-state index in [1.807, 2.05) is 25.1 Å². The van der Waals surface area contributed by atoms with Gasteiger partial charge in [0.15, 0.2) is 0 Å². The molecule has 0 aliphatic carbocycles. The van der Waals surface area contributed by atoms with Crippen molar-refractivity contribution < 1.29 is 33.8 Å². The molecule has 6 amide bonds. The number of nitrogens with zero attached hydrogens (tertiary/aromatic N) is 2. The number of para-hydroxylation sites is 1. The minimum Gasteiger partial charge on any atom is -0.495 e. The van der Waals surface area contributed by atoms with E-state index in [9.17, 15) is 24.0 Å². The molecule has 1 fully saturated rings. The Bertz CT molecular complexity index is 1300. The number of carboxylic acids is 1. The van der Waals surface area contributed by atoms with Crippen molar-refractivity contribution in [1.82, 2.24) is 20.4 Å². The fraction of sp³-hybridized carbons (Fsp3) is 0.433. The van der Waals surface area contributed by atoms with E-state index >= 15 is 0 Å². The Kier molecular flexibility index (Phi) is 12.6. The van der Waals surface area contributed by atoms with Crippen molar-refractivity contribution in [3.05, 3.63) is 53.6 Å². The van der Waals surface area contributed by atoms with Crippen LogP contribution >= 0.6 is 0 Å². The zero-order valence-corrected chi connectivity index (χ0v) is 24.6. The molecule has 13 heteroatoms. The third-order valence-corrected chi connectivity index (χ3v) is 6.91. The van der Waals surface area contributed by atoms with Gasteiger partial charge < -0.3 is 40.9 Å². The van der Waals surface area contributed by atoms with Crippen molar-refractivity contribution >= 4 is 41.2 Å². The van der Waals surface area contributed by atoms with Crippen LogP contribution in [-0.4, -0.2) is 91.1 Å². The second kappa shape index (κ2) is 16.6. The number of hydrogen-bond acceptors (Lipinski definition) is 6. The third-order valence-electron chi connectivity index (χ3n) is 6.91. The molecule has 5 N–H and O–H groups in total. The third kappa shape index (κ3) is 10.8.